The van der Waals surface area contributed by atoms with Gasteiger partial charge < -0.3 is 9.32 Å². The van der Waals surface area contributed by atoms with Gasteiger partial charge in [-0.2, -0.15) is 0 Å². The summed E-state index contributed by atoms with van der Waals surface area (Å²) in [7, 11) is 0. The monoisotopic (exact) mass is 729 g/mol. The van der Waals surface area contributed by atoms with E-state index in [2.05, 4.69) is 207 Å². The third-order valence-corrected chi connectivity index (χ3v) is 12.0. The highest BCUT2D eigenvalue weighted by molar-refractivity contribution is 6.10. The lowest BCUT2D eigenvalue weighted by molar-refractivity contribution is 0.666. The van der Waals surface area contributed by atoms with E-state index in [1.54, 1.807) is 0 Å². The maximum Gasteiger partial charge on any atom is 0.143 e. The molecule has 0 saturated carbocycles. The highest BCUT2D eigenvalue weighted by atomic mass is 16.3. The summed E-state index contributed by atoms with van der Waals surface area (Å²) < 4.78 is 6.45. The summed E-state index contributed by atoms with van der Waals surface area (Å²) in [5.41, 5.74) is 17.4. The van der Waals surface area contributed by atoms with Crippen LogP contribution in [0.25, 0.3) is 77.2 Å². The van der Waals surface area contributed by atoms with E-state index in [1.165, 1.54) is 55.3 Å². The molecule has 0 aliphatic heterocycles. The number of hydrogen-bond acceptors (Lipinski definition) is 2. The topological polar surface area (TPSA) is 16.4 Å². The molecule has 0 spiro atoms. The average Bonchev–Trinajstić information content (AvgIpc) is 3.77. The van der Waals surface area contributed by atoms with Gasteiger partial charge in [0.25, 0.3) is 0 Å². The number of para-hydroxylation sites is 2. The second kappa shape index (κ2) is 13.0. The van der Waals surface area contributed by atoms with Crippen LogP contribution in [0.3, 0.4) is 0 Å². The van der Waals surface area contributed by atoms with Crippen molar-refractivity contribution in [2.75, 3.05) is 4.90 Å². The summed E-state index contributed by atoms with van der Waals surface area (Å²) >= 11 is 0. The normalized spacial score (nSPS) is 12.9. The van der Waals surface area contributed by atoms with E-state index < -0.39 is 0 Å². The van der Waals surface area contributed by atoms with Crippen molar-refractivity contribution >= 4 is 49.8 Å². The average molecular weight is 730 g/mol. The lowest BCUT2D eigenvalue weighted by Crippen LogP contribution is -2.16. The third kappa shape index (κ3) is 5.33. The maximum absolute atomic E-state index is 6.45. The quantitative estimate of drug-likeness (QED) is 0.169. The van der Waals surface area contributed by atoms with Crippen molar-refractivity contribution in [2.45, 2.75) is 19.3 Å². The Kier molecular flexibility index (Phi) is 7.55. The zero-order chi connectivity index (χ0) is 38.1. The van der Waals surface area contributed by atoms with Crippen molar-refractivity contribution in [1.29, 1.82) is 0 Å². The molecule has 270 valence electrons. The zero-order valence-electron chi connectivity index (χ0n) is 31.9. The Labute approximate surface area is 332 Å². The molecule has 0 atom stereocenters. The van der Waals surface area contributed by atoms with Crippen LogP contribution in [0.1, 0.15) is 25.0 Å². The van der Waals surface area contributed by atoms with Crippen LogP contribution in [0.5, 0.6) is 0 Å². The van der Waals surface area contributed by atoms with Crippen LogP contribution in [0, 0.1) is 0 Å². The fraction of sp³-hybridized carbons (Fsp3) is 0.0545. The number of hydrogen-bond donors (Lipinski definition) is 0. The third-order valence-electron chi connectivity index (χ3n) is 12.0. The number of fused-ring (bicyclic) bond motifs is 8. The molecule has 1 heterocycles. The van der Waals surface area contributed by atoms with Crippen LogP contribution >= 0.6 is 0 Å². The molecule has 57 heavy (non-hydrogen) atoms. The Hall–Kier alpha value is -7.16. The summed E-state index contributed by atoms with van der Waals surface area (Å²) in [5, 5.41) is 4.87. The van der Waals surface area contributed by atoms with E-state index in [4.69, 9.17) is 4.42 Å². The number of furan rings is 1. The highest BCUT2D eigenvalue weighted by Crippen LogP contribution is 2.56. The van der Waals surface area contributed by atoms with Crippen LogP contribution in [0.15, 0.2) is 205 Å². The van der Waals surface area contributed by atoms with Crippen LogP contribution in [-0.4, -0.2) is 0 Å². The lowest BCUT2D eigenvalue weighted by atomic mass is 9.79. The fourth-order valence-electron chi connectivity index (χ4n) is 9.33. The second-order valence-electron chi connectivity index (χ2n) is 15.7. The van der Waals surface area contributed by atoms with Gasteiger partial charge in [0, 0.05) is 38.8 Å². The smallest absolute Gasteiger partial charge is 0.143 e. The predicted molar refractivity (Wildman–Crippen MR) is 240 cm³/mol. The van der Waals surface area contributed by atoms with Gasteiger partial charge in [0.1, 0.15) is 11.2 Å². The summed E-state index contributed by atoms with van der Waals surface area (Å²) in [4.78, 5) is 2.40. The molecule has 0 saturated heterocycles. The number of benzene rings is 9. The molecule has 2 heteroatoms. The molecule has 1 aliphatic carbocycles. The van der Waals surface area contributed by atoms with Gasteiger partial charge in [-0.1, -0.05) is 166 Å². The van der Waals surface area contributed by atoms with Gasteiger partial charge in [0.15, 0.2) is 0 Å². The molecule has 11 rings (SSSR count). The van der Waals surface area contributed by atoms with E-state index >= 15 is 0 Å². The van der Waals surface area contributed by atoms with Crippen molar-refractivity contribution < 1.29 is 4.42 Å². The Morgan fingerprint density at radius 2 is 0.965 bits per heavy atom. The molecule has 0 radical (unpaired) electrons. The fourth-order valence-corrected chi connectivity index (χ4v) is 9.33. The van der Waals surface area contributed by atoms with Gasteiger partial charge in [-0.05, 0) is 109 Å². The molecule has 0 unspecified atom stereocenters. The molecule has 2 nitrogen and oxygen atoms in total. The first-order chi connectivity index (χ1) is 28.0. The van der Waals surface area contributed by atoms with Crippen molar-refractivity contribution in [3.63, 3.8) is 0 Å². The van der Waals surface area contributed by atoms with Crippen molar-refractivity contribution in [3.8, 4) is 44.5 Å². The first kappa shape index (κ1) is 33.2. The Balaban J connectivity index is 1.09. The molecular weight excluding hydrogens is 691 g/mol. The van der Waals surface area contributed by atoms with Gasteiger partial charge in [0.05, 0.1) is 0 Å². The Morgan fingerprint density at radius 3 is 1.70 bits per heavy atom. The van der Waals surface area contributed by atoms with E-state index in [-0.39, 0.29) is 5.41 Å². The zero-order valence-corrected chi connectivity index (χ0v) is 31.9. The van der Waals surface area contributed by atoms with Crippen LogP contribution in [0.4, 0.5) is 17.1 Å². The van der Waals surface area contributed by atoms with Gasteiger partial charge >= 0.3 is 0 Å². The van der Waals surface area contributed by atoms with E-state index in [0.717, 1.165) is 50.1 Å². The summed E-state index contributed by atoms with van der Waals surface area (Å²) in [6.45, 7) is 4.78. The van der Waals surface area contributed by atoms with Gasteiger partial charge in [-0.3, -0.25) is 0 Å². The minimum absolute atomic E-state index is 0.185. The first-order valence-corrected chi connectivity index (χ1v) is 19.8. The van der Waals surface area contributed by atoms with Crippen LogP contribution in [0.2, 0.25) is 0 Å². The number of nitrogens with zero attached hydrogens (tertiary/aromatic N) is 1. The van der Waals surface area contributed by atoms with Gasteiger partial charge in [-0.25, -0.2) is 0 Å². The molecule has 1 aromatic heterocycles. The molecule has 0 bridgehead atoms. The van der Waals surface area contributed by atoms with Crippen LogP contribution in [-0.2, 0) is 5.41 Å². The predicted octanol–water partition coefficient (Wildman–Crippen LogP) is 15.5. The standard InChI is InChI=1S/C55H39NO/c1-55(2)50-33-32-43(35-49(50)52-48(38-16-7-4-8-17-38)34-40-18-9-10-19-44(40)53(52)55)56(41-28-24-37(25-29-41)36-14-5-3-6-15-36)42-30-26-39(27-31-42)45-21-13-22-47-46-20-11-12-23-51(46)57-54(45)47/h3-35H,1-2H3. The molecular formula is C55H39NO. The molecule has 9 aromatic carbocycles. The second-order valence-corrected chi connectivity index (χ2v) is 15.7. The van der Waals surface area contributed by atoms with Crippen molar-refractivity contribution in [3.05, 3.63) is 211 Å². The maximum atomic E-state index is 6.45. The Bertz CT molecular complexity index is 3120. The first-order valence-electron chi connectivity index (χ1n) is 19.8. The molecule has 0 N–H and O–H groups in total. The largest absolute Gasteiger partial charge is 0.455 e. The minimum Gasteiger partial charge on any atom is -0.455 e. The SMILES string of the molecule is CC1(C)c2ccc(N(c3ccc(-c4ccccc4)cc3)c3ccc(-c4cccc5c4oc4ccccc45)cc3)cc2-c2c(-c3ccccc3)cc3ccccc3c21. The molecule has 1 aliphatic rings. The van der Waals surface area contributed by atoms with Crippen molar-refractivity contribution in [2.24, 2.45) is 0 Å². The van der Waals surface area contributed by atoms with Gasteiger partial charge in [0.2, 0.25) is 0 Å². The number of rotatable bonds is 6. The molecule has 0 amide bonds. The molecule has 0 fully saturated rings. The van der Waals surface area contributed by atoms with Gasteiger partial charge in [-0.15, -0.1) is 0 Å². The Morgan fingerprint density at radius 1 is 0.404 bits per heavy atom. The summed E-state index contributed by atoms with van der Waals surface area (Å²) in [6, 6.07) is 72.5. The van der Waals surface area contributed by atoms with E-state index in [0.29, 0.717) is 0 Å². The highest BCUT2D eigenvalue weighted by Gasteiger charge is 2.39. The minimum atomic E-state index is -0.185. The van der Waals surface area contributed by atoms with E-state index in [9.17, 15) is 0 Å². The lowest BCUT2D eigenvalue weighted by Gasteiger charge is -2.27. The van der Waals surface area contributed by atoms with Crippen molar-refractivity contribution in [1.82, 2.24) is 0 Å². The summed E-state index contributed by atoms with van der Waals surface area (Å²) in [6.07, 6.45) is 0. The summed E-state index contributed by atoms with van der Waals surface area (Å²) in [5.74, 6) is 0. The number of anilines is 3. The molecule has 10 aromatic rings. The van der Waals surface area contributed by atoms with Crippen LogP contribution < -0.4 is 4.90 Å². The van der Waals surface area contributed by atoms with E-state index in [1.807, 2.05) is 12.1 Å².